The van der Waals surface area contributed by atoms with Crippen LogP contribution < -0.4 is 10.1 Å². The first kappa shape index (κ1) is 27.7. The van der Waals surface area contributed by atoms with Crippen LogP contribution in [0.5, 0.6) is 5.75 Å². The number of hydrogen-bond donors (Lipinski definition) is 1. The van der Waals surface area contributed by atoms with Crippen LogP contribution in [0.3, 0.4) is 0 Å². The molecular weight excluding hydrogens is 477 g/mol. The van der Waals surface area contributed by atoms with Gasteiger partial charge in [0.25, 0.3) is 0 Å². The molecule has 0 bridgehead atoms. The third kappa shape index (κ3) is 7.09. The zero-order valence-electron chi connectivity index (χ0n) is 21.8. The number of aromatic nitrogens is 1. The van der Waals surface area contributed by atoms with Crippen LogP contribution in [0.4, 0.5) is 14.9 Å². The fourth-order valence-electron chi connectivity index (χ4n) is 4.11. The Hall–Kier alpha value is -3.88. The first-order chi connectivity index (χ1) is 17.8. The van der Waals surface area contributed by atoms with Crippen LogP contribution in [0.2, 0.25) is 0 Å². The Balaban J connectivity index is 1.90. The Labute approximate surface area is 216 Å². The van der Waals surface area contributed by atoms with Gasteiger partial charge >= 0.3 is 12.1 Å². The highest BCUT2D eigenvalue weighted by Gasteiger charge is 2.20. The average Bonchev–Trinajstić information content (AvgIpc) is 3.29. The molecule has 198 valence electrons. The largest absolute Gasteiger partial charge is 0.469 e. The summed E-state index contributed by atoms with van der Waals surface area (Å²) in [5, 5.41) is 3.56. The number of aryl methyl sites for hydroxylation is 1. The number of nitrogens with zero attached hydrogens (tertiary/aromatic N) is 2. The summed E-state index contributed by atoms with van der Waals surface area (Å²) in [4.78, 5) is 38.3. The van der Waals surface area contributed by atoms with Crippen molar-refractivity contribution in [3.8, 4) is 5.75 Å². The quantitative estimate of drug-likeness (QED) is 0.265. The van der Waals surface area contributed by atoms with Crippen LogP contribution in [0.25, 0.3) is 10.9 Å². The van der Waals surface area contributed by atoms with Gasteiger partial charge < -0.3 is 24.3 Å². The van der Waals surface area contributed by atoms with E-state index in [1.54, 1.807) is 24.3 Å². The Morgan fingerprint density at radius 1 is 1.03 bits per heavy atom. The molecule has 3 rings (SSSR count). The van der Waals surface area contributed by atoms with Crippen molar-refractivity contribution in [3.05, 3.63) is 59.5 Å². The molecule has 0 saturated heterocycles. The second kappa shape index (κ2) is 12.9. The lowest BCUT2D eigenvalue weighted by Gasteiger charge is -2.20. The van der Waals surface area contributed by atoms with E-state index in [2.05, 4.69) is 10.1 Å². The number of rotatable bonds is 11. The normalized spacial score (nSPS) is 10.8. The predicted octanol–water partition coefficient (Wildman–Crippen LogP) is 5.65. The van der Waals surface area contributed by atoms with E-state index >= 15 is 0 Å². The fraction of sp³-hybridized carbons (Fsp3) is 0.393. The number of esters is 1. The Bertz CT molecular complexity index is 1270. The number of fused-ring (bicyclic) bond motifs is 1. The molecule has 1 N–H and O–H groups in total. The molecular formula is C28H34FN3O5. The van der Waals surface area contributed by atoms with Gasteiger partial charge in [-0.2, -0.15) is 0 Å². The van der Waals surface area contributed by atoms with Crippen LogP contribution in [-0.2, 0) is 20.9 Å². The van der Waals surface area contributed by atoms with Crippen molar-refractivity contribution in [2.24, 2.45) is 0 Å². The number of nitrogens with one attached hydrogen (secondary N) is 1. The van der Waals surface area contributed by atoms with E-state index in [-0.39, 0.29) is 36.3 Å². The van der Waals surface area contributed by atoms with Crippen molar-refractivity contribution in [1.29, 1.82) is 0 Å². The molecule has 0 saturated carbocycles. The van der Waals surface area contributed by atoms with E-state index in [1.165, 1.54) is 18.1 Å². The van der Waals surface area contributed by atoms with Crippen molar-refractivity contribution >= 4 is 34.6 Å². The summed E-state index contributed by atoms with van der Waals surface area (Å²) < 4.78 is 26.6. The first-order valence-electron chi connectivity index (χ1n) is 12.5. The standard InChI is InChI=1S/C28H34FN3O5/c1-5-31(6-2)28(35)37-24-14-13-23-21(27(24)30-25(33)9-7-8-10-26(34)36-4)15-16-32(23)18-20-17-19(3)11-12-22(20)29/h11-17H,5-10,18H2,1-4H3,(H,30,33). The van der Waals surface area contributed by atoms with E-state index in [0.29, 0.717) is 49.1 Å². The van der Waals surface area contributed by atoms with Crippen molar-refractivity contribution in [2.75, 3.05) is 25.5 Å². The Kier molecular flexibility index (Phi) is 9.65. The van der Waals surface area contributed by atoms with Gasteiger partial charge in [-0.05, 0) is 57.9 Å². The summed E-state index contributed by atoms with van der Waals surface area (Å²) in [5.74, 6) is -0.651. The van der Waals surface area contributed by atoms with Gasteiger partial charge in [-0.3, -0.25) is 9.59 Å². The summed E-state index contributed by atoms with van der Waals surface area (Å²) in [6.07, 6.45) is 2.75. The number of amides is 2. The van der Waals surface area contributed by atoms with Crippen LogP contribution in [0.1, 0.15) is 50.7 Å². The Morgan fingerprint density at radius 3 is 2.46 bits per heavy atom. The number of carbonyl (C=O) groups excluding carboxylic acids is 3. The molecule has 1 heterocycles. The number of unbranched alkanes of at least 4 members (excludes halogenated alkanes) is 1. The maximum absolute atomic E-state index is 14.4. The molecule has 0 spiro atoms. The number of halogens is 1. The molecule has 8 nitrogen and oxygen atoms in total. The lowest BCUT2D eigenvalue weighted by molar-refractivity contribution is -0.140. The summed E-state index contributed by atoms with van der Waals surface area (Å²) in [6, 6.07) is 10.2. The topological polar surface area (TPSA) is 89.9 Å². The minimum Gasteiger partial charge on any atom is -0.469 e. The highest BCUT2D eigenvalue weighted by molar-refractivity contribution is 6.04. The molecule has 0 aliphatic heterocycles. The monoisotopic (exact) mass is 511 g/mol. The van der Waals surface area contributed by atoms with Gasteiger partial charge in [0.2, 0.25) is 5.91 Å². The van der Waals surface area contributed by atoms with Gasteiger partial charge in [0.1, 0.15) is 5.82 Å². The van der Waals surface area contributed by atoms with Crippen molar-refractivity contribution in [2.45, 2.75) is 53.0 Å². The molecule has 9 heteroatoms. The molecule has 2 amide bonds. The lowest BCUT2D eigenvalue weighted by atomic mass is 10.1. The van der Waals surface area contributed by atoms with Crippen molar-refractivity contribution < 1.29 is 28.2 Å². The third-order valence-electron chi connectivity index (χ3n) is 6.20. The molecule has 3 aromatic rings. The lowest BCUT2D eigenvalue weighted by Crippen LogP contribution is -2.33. The molecule has 37 heavy (non-hydrogen) atoms. The van der Waals surface area contributed by atoms with Crippen molar-refractivity contribution in [1.82, 2.24) is 9.47 Å². The smallest absolute Gasteiger partial charge is 0.415 e. The number of methoxy groups -OCH3 is 1. The van der Waals surface area contributed by atoms with Gasteiger partial charge in [0.15, 0.2) is 5.75 Å². The minimum atomic E-state index is -0.515. The zero-order valence-corrected chi connectivity index (χ0v) is 21.8. The molecule has 0 radical (unpaired) electrons. The molecule has 0 fully saturated rings. The number of carbonyl (C=O) groups is 3. The number of benzene rings is 2. The number of hydrogen-bond acceptors (Lipinski definition) is 5. The van der Waals surface area contributed by atoms with E-state index in [0.717, 1.165) is 11.1 Å². The SMILES string of the molecule is CCN(CC)C(=O)Oc1ccc2c(ccn2Cc2cc(C)ccc2F)c1NC(=O)CCCCC(=O)OC. The second-order valence-corrected chi connectivity index (χ2v) is 8.78. The van der Waals surface area contributed by atoms with Crippen molar-refractivity contribution in [3.63, 3.8) is 0 Å². The van der Waals surface area contributed by atoms with Gasteiger partial charge in [-0.1, -0.05) is 17.7 Å². The second-order valence-electron chi connectivity index (χ2n) is 8.78. The van der Waals surface area contributed by atoms with Gasteiger partial charge in [-0.15, -0.1) is 0 Å². The minimum absolute atomic E-state index is 0.187. The van der Waals surface area contributed by atoms with E-state index in [9.17, 15) is 18.8 Å². The van der Waals surface area contributed by atoms with Crippen LogP contribution in [0, 0.1) is 12.7 Å². The Morgan fingerprint density at radius 2 is 1.76 bits per heavy atom. The third-order valence-corrected chi connectivity index (χ3v) is 6.20. The molecule has 0 aliphatic carbocycles. The van der Waals surface area contributed by atoms with Gasteiger partial charge in [-0.25, -0.2) is 9.18 Å². The highest BCUT2D eigenvalue weighted by atomic mass is 19.1. The summed E-state index contributed by atoms with van der Waals surface area (Å²) in [6.45, 7) is 6.89. The molecule has 0 unspecified atom stereocenters. The summed E-state index contributed by atoms with van der Waals surface area (Å²) in [5.41, 5.74) is 2.63. The molecule has 1 aromatic heterocycles. The van der Waals surface area contributed by atoms with Crippen LogP contribution >= 0.6 is 0 Å². The van der Waals surface area contributed by atoms with Gasteiger partial charge in [0.05, 0.1) is 24.9 Å². The van der Waals surface area contributed by atoms with E-state index in [4.69, 9.17) is 4.74 Å². The van der Waals surface area contributed by atoms with E-state index in [1.807, 2.05) is 37.6 Å². The van der Waals surface area contributed by atoms with Crippen LogP contribution in [-0.4, -0.2) is 47.6 Å². The molecule has 0 aliphatic rings. The maximum Gasteiger partial charge on any atom is 0.415 e. The van der Waals surface area contributed by atoms with Gasteiger partial charge in [0, 0.05) is 43.1 Å². The maximum atomic E-state index is 14.4. The highest BCUT2D eigenvalue weighted by Crippen LogP contribution is 2.35. The zero-order chi connectivity index (χ0) is 26.9. The van der Waals surface area contributed by atoms with Crippen LogP contribution in [0.15, 0.2) is 42.6 Å². The fourth-order valence-corrected chi connectivity index (χ4v) is 4.11. The predicted molar refractivity (Wildman–Crippen MR) is 140 cm³/mol. The molecule has 0 atom stereocenters. The average molecular weight is 512 g/mol. The summed E-state index contributed by atoms with van der Waals surface area (Å²) >= 11 is 0. The molecule has 2 aromatic carbocycles. The number of anilines is 1. The first-order valence-corrected chi connectivity index (χ1v) is 12.5. The van der Waals surface area contributed by atoms with E-state index < -0.39 is 6.09 Å². The summed E-state index contributed by atoms with van der Waals surface area (Å²) in [7, 11) is 1.33. The number of ether oxygens (including phenoxy) is 2.